The summed E-state index contributed by atoms with van der Waals surface area (Å²) in [6, 6.07) is 16.2. The summed E-state index contributed by atoms with van der Waals surface area (Å²) in [5, 5.41) is 5.55. The van der Waals surface area contributed by atoms with Crippen LogP contribution in [0.4, 0.5) is 0 Å². The number of carbonyl (C=O) groups is 2. The highest BCUT2D eigenvalue weighted by molar-refractivity contribution is 5.96. The predicted octanol–water partition coefficient (Wildman–Crippen LogP) is 3.37. The maximum absolute atomic E-state index is 12.0. The number of ether oxygens (including phenoxy) is 2. The minimum absolute atomic E-state index is 0.298. The Balaban J connectivity index is 1.21. The Labute approximate surface area is 227 Å². The molecule has 2 amide bonds. The number of benzene rings is 2. The van der Waals surface area contributed by atoms with Crippen molar-refractivity contribution in [2.24, 2.45) is 0 Å². The summed E-state index contributed by atoms with van der Waals surface area (Å²) in [5.41, 5.74) is 2.45. The molecule has 2 N–H and O–H groups in total. The molecule has 1 heterocycles. The van der Waals surface area contributed by atoms with E-state index in [0.717, 1.165) is 24.6 Å². The molecule has 3 rings (SSSR count). The van der Waals surface area contributed by atoms with Crippen molar-refractivity contribution in [1.82, 2.24) is 20.4 Å². The first kappa shape index (κ1) is 29.2. The lowest BCUT2D eigenvalue weighted by Crippen LogP contribution is -2.26. The molecule has 0 aliphatic carbocycles. The van der Waals surface area contributed by atoms with Crippen LogP contribution in [-0.4, -0.2) is 75.1 Å². The van der Waals surface area contributed by atoms with Crippen LogP contribution in [0.3, 0.4) is 0 Å². The van der Waals surface area contributed by atoms with Gasteiger partial charge < -0.3 is 25.0 Å². The Morgan fingerprint density at radius 1 is 0.842 bits per heavy atom. The summed E-state index contributed by atoms with van der Waals surface area (Å²) in [5.74, 6) is 1.08. The van der Waals surface area contributed by atoms with Crippen LogP contribution >= 0.6 is 0 Å². The van der Waals surface area contributed by atoms with E-state index in [1.165, 1.54) is 49.2 Å². The van der Waals surface area contributed by atoms with E-state index in [9.17, 15) is 9.59 Å². The Bertz CT molecular complexity index is 1030. The Kier molecular flexibility index (Phi) is 12.7. The Hall–Kier alpha value is -3.36. The molecular weight excluding hydrogens is 480 g/mol. The van der Waals surface area contributed by atoms with Crippen LogP contribution in [0, 0.1) is 0 Å². The monoisotopic (exact) mass is 522 g/mol. The number of carbonyl (C=O) groups excluding carboxylic acids is 2. The zero-order valence-electron chi connectivity index (χ0n) is 22.8. The molecule has 1 saturated heterocycles. The van der Waals surface area contributed by atoms with Gasteiger partial charge in [0.1, 0.15) is 11.5 Å². The molecule has 0 radical (unpaired) electrons. The summed E-state index contributed by atoms with van der Waals surface area (Å²) < 4.78 is 11.6. The van der Waals surface area contributed by atoms with Gasteiger partial charge in [0.25, 0.3) is 0 Å². The summed E-state index contributed by atoms with van der Waals surface area (Å²) in [6.45, 7) is 6.12. The first-order valence-corrected chi connectivity index (χ1v) is 13.5. The average Bonchev–Trinajstić information content (AvgIpc) is 3.40. The number of rotatable bonds is 16. The van der Waals surface area contributed by atoms with E-state index in [4.69, 9.17) is 9.47 Å². The van der Waals surface area contributed by atoms with Crippen molar-refractivity contribution < 1.29 is 19.1 Å². The SMILES string of the molecule is CN(C)Cc1cccc(OCCCNC(=O)C=CC(=O)NCCCOc2cccc(CN3CCCC3)c2)c1. The maximum atomic E-state index is 12.0. The molecule has 8 nitrogen and oxygen atoms in total. The number of amides is 2. The minimum atomic E-state index is -0.301. The number of hydrogen-bond acceptors (Lipinski definition) is 6. The molecule has 8 heteroatoms. The molecule has 0 unspecified atom stereocenters. The van der Waals surface area contributed by atoms with Gasteiger partial charge in [-0.25, -0.2) is 0 Å². The van der Waals surface area contributed by atoms with E-state index in [-0.39, 0.29) is 11.8 Å². The lowest BCUT2D eigenvalue weighted by molar-refractivity contribution is -0.118. The molecule has 38 heavy (non-hydrogen) atoms. The fraction of sp³-hybridized carbons (Fsp3) is 0.467. The standard InChI is InChI=1S/C30H42N4O4/c1-33(2)23-25-9-5-11-27(21-25)37-19-7-15-31-29(35)13-14-30(36)32-16-8-20-38-28-12-6-10-26(22-28)24-34-17-3-4-18-34/h5-6,9-14,21-22H,3-4,7-8,15-20,23-24H2,1-2H3,(H,31,35)(H,32,36). The van der Waals surface area contributed by atoms with E-state index in [2.05, 4.69) is 38.6 Å². The van der Waals surface area contributed by atoms with Gasteiger partial charge in [-0.1, -0.05) is 24.3 Å². The van der Waals surface area contributed by atoms with Gasteiger partial charge in [0, 0.05) is 38.3 Å². The van der Waals surface area contributed by atoms with Gasteiger partial charge >= 0.3 is 0 Å². The summed E-state index contributed by atoms with van der Waals surface area (Å²) >= 11 is 0. The largest absolute Gasteiger partial charge is 0.494 e. The summed E-state index contributed by atoms with van der Waals surface area (Å²) in [4.78, 5) is 28.5. The van der Waals surface area contributed by atoms with Crippen LogP contribution in [0.15, 0.2) is 60.7 Å². The smallest absolute Gasteiger partial charge is 0.244 e. The van der Waals surface area contributed by atoms with Gasteiger partial charge in [-0.2, -0.15) is 0 Å². The van der Waals surface area contributed by atoms with Gasteiger partial charge in [0.2, 0.25) is 11.8 Å². The zero-order chi connectivity index (χ0) is 27.0. The quantitative estimate of drug-likeness (QED) is 0.260. The predicted molar refractivity (Wildman–Crippen MR) is 150 cm³/mol. The molecule has 2 aromatic carbocycles. The fourth-order valence-electron chi connectivity index (χ4n) is 4.25. The highest BCUT2D eigenvalue weighted by atomic mass is 16.5. The molecule has 1 aliphatic rings. The molecule has 1 fully saturated rings. The first-order valence-electron chi connectivity index (χ1n) is 13.5. The lowest BCUT2D eigenvalue weighted by Gasteiger charge is -2.15. The minimum Gasteiger partial charge on any atom is -0.494 e. The second kappa shape index (κ2) is 16.5. The maximum Gasteiger partial charge on any atom is 0.244 e. The fourth-order valence-corrected chi connectivity index (χ4v) is 4.25. The van der Waals surface area contributed by atoms with E-state index in [1.807, 2.05) is 44.4 Å². The van der Waals surface area contributed by atoms with Gasteiger partial charge in [-0.3, -0.25) is 14.5 Å². The highest BCUT2D eigenvalue weighted by Gasteiger charge is 2.11. The highest BCUT2D eigenvalue weighted by Crippen LogP contribution is 2.18. The first-order chi connectivity index (χ1) is 18.5. The zero-order valence-corrected chi connectivity index (χ0v) is 22.8. The number of nitrogens with one attached hydrogen (secondary N) is 2. The van der Waals surface area contributed by atoms with Gasteiger partial charge in [-0.05, 0) is 88.3 Å². The molecular formula is C30H42N4O4. The second-order valence-electron chi connectivity index (χ2n) is 9.84. The van der Waals surface area contributed by atoms with Crippen LogP contribution in [0.1, 0.15) is 36.8 Å². The topological polar surface area (TPSA) is 83.1 Å². The molecule has 0 atom stereocenters. The average molecular weight is 523 g/mol. The van der Waals surface area contributed by atoms with Crippen LogP contribution < -0.4 is 20.1 Å². The van der Waals surface area contributed by atoms with E-state index in [0.29, 0.717) is 39.1 Å². The summed E-state index contributed by atoms with van der Waals surface area (Å²) in [7, 11) is 4.06. The van der Waals surface area contributed by atoms with Crippen molar-refractivity contribution >= 4 is 11.8 Å². The van der Waals surface area contributed by atoms with Crippen LogP contribution in [0.5, 0.6) is 11.5 Å². The van der Waals surface area contributed by atoms with E-state index in [1.54, 1.807) is 0 Å². The molecule has 0 bridgehead atoms. The number of hydrogen-bond donors (Lipinski definition) is 2. The van der Waals surface area contributed by atoms with Crippen molar-refractivity contribution in [1.29, 1.82) is 0 Å². The molecule has 206 valence electrons. The van der Waals surface area contributed by atoms with E-state index < -0.39 is 0 Å². The van der Waals surface area contributed by atoms with Crippen molar-refractivity contribution in [3.63, 3.8) is 0 Å². The Morgan fingerprint density at radius 3 is 1.92 bits per heavy atom. The van der Waals surface area contributed by atoms with Crippen molar-refractivity contribution in [2.45, 2.75) is 38.8 Å². The molecule has 0 saturated carbocycles. The van der Waals surface area contributed by atoms with Crippen molar-refractivity contribution in [3.8, 4) is 11.5 Å². The third kappa shape index (κ3) is 11.8. The molecule has 0 aromatic heterocycles. The second-order valence-corrected chi connectivity index (χ2v) is 9.84. The number of nitrogens with zero attached hydrogens (tertiary/aromatic N) is 2. The van der Waals surface area contributed by atoms with Crippen molar-refractivity contribution in [3.05, 3.63) is 71.8 Å². The van der Waals surface area contributed by atoms with Gasteiger partial charge in [0.05, 0.1) is 13.2 Å². The normalized spacial score (nSPS) is 13.7. The van der Waals surface area contributed by atoms with Gasteiger partial charge in [0.15, 0.2) is 0 Å². The summed E-state index contributed by atoms with van der Waals surface area (Å²) in [6.07, 6.45) is 6.43. The molecule has 0 spiro atoms. The lowest BCUT2D eigenvalue weighted by atomic mass is 10.2. The molecule has 1 aliphatic heterocycles. The van der Waals surface area contributed by atoms with Gasteiger partial charge in [-0.15, -0.1) is 0 Å². The van der Waals surface area contributed by atoms with Crippen LogP contribution in [0.25, 0.3) is 0 Å². The molecule has 2 aromatic rings. The van der Waals surface area contributed by atoms with Crippen molar-refractivity contribution in [2.75, 3.05) is 53.5 Å². The van der Waals surface area contributed by atoms with Crippen LogP contribution in [0.2, 0.25) is 0 Å². The van der Waals surface area contributed by atoms with E-state index >= 15 is 0 Å². The third-order valence-corrected chi connectivity index (χ3v) is 6.06. The van der Waals surface area contributed by atoms with Crippen LogP contribution in [-0.2, 0) is 22.7 Å². The third-order valence-electron chi connectivity index (χ3n) is 6.06. The Morgan fingerprint density at radius 2 is 1.37 bits per heavy atom. The number of likely N-dealkylation sites (tertiary alicyclic amines) is 1.